The predicted octanol–water partition coefficient (Wildman–Crippen LogP) is 3.44. The normalized spacial score (nSPS) is 19.2. The minimum Gasteiger partial charge on any atom is -0.325 e. The topological polar surface area (TPSA) is 103 Å². The number of aryl methyl sites for hydroxylation is 1. The van der Waals surface area contributed by atoms with Gasteiger partial charge in [-0.05, 0) is 57.2 Å². The van der Waals surface area contributed by atoms with Gasteiger partial charge in [-0.3, -0.25) is 14.7 Å². The molecule has 2 fully saturated rings. The lowest BCUT2D eigenvalue weighted by molar-refractivity contribution is 0.0996. The van der Waals surface area contributed by atoms with Crippen LogP contribution in [0.4, 0.5) is 5.82 Å². The molecule has 164 valence electrons. The molecule has 0 saturated heterocycles. The Morgan fingerprint density at radius 1 is 1.19 bits per heavy atom. The van der Waals surface area contributed by atoms with Gasteiger partial charge in [-0.2, -0.15) is 0 Å². The molecule has 4 heterocycles. The first kappa shape index (κ1) is 19.5. The average Bonchev–Trinajstić information content (AvgIpc) is 3.29. The molecule has 2 aliphatic carbocycles. The Labute approximate surface area is 186 Å². The number of rotatable bonds is 5. The number of pyridine rings is 2. The van der Waals surface area contributed by atoms with Crippen LogP contribution < -0.4 is 10.6 Å². The largest absolute Gasteiger partial charge is 0.325 e. The van der Waals surface area contributed by atoms with E-state index in [4.69, 9.17) is 15.7 Å². The molecule has 1 aliphatic heterocycles. The van der Waals surface area contributed by atoms with Crippen molar-refractivity contribution in [3.05, 3.63) is 52.6 Å². The molecule has 8 nitrogen and oxygen atoms in total. The Morgan fingerprint density at radius 3 is 2.69 bits per heavy atom. The number of carbonyl (C=O) groups excluding carboxylic acids is 1. The molecule has 3 aromatic rings. The Balaban J connectivity index is 1.37. The lowest BCUT2D eigenvalue weighted by Crippen LogP contribution is -2.24. The van der Waals surface area contributed by atoms with Crippen LogP contribution in [0.1, 0.15) is 78.2 Å². The van der Waals surface area contributed by atoms with Gasteiger partial charge in [-0.1, -0.05) is 13.0 Å². The zero-order valence-electron chi connectivity index (χ0n) is 18.5. The van der Waals surface area contributed by atoms with Crippen LogP contribution in [0.2, 0.25) is 0 Å². The van der Waals surface area contributed by atoms with Crippen molar-refractivity contribution >= 4 is 11.7 Å². The molecular formula is C24H27N7O. The number of fused-ring (bicyclic) bond motifs is 1. The number of amides is 1. The second kappa shape index (κ2) is 6.93. The van der Waals surface area contributed by atoms with Gasteiger partial charge >= 0.3 is 0 Å². The van der Waals surface area contributed by atoms with Crippen molar-refractivity contribution in [2.45, 2.75) is 70.5 Å². The van der Waals surface area contributed by atoms with Crippen LogP contribution in [0, 0.1) is 6.92 Å². The number of hydrogen-bond acceptors (Lipinski definition) is 6. The molecule has 1 amide bonds. The van der Waals surface area contributed by atoms with Crippen molar-refractivity contribution in [2.24, 2.45) is 5.73 Å². The molecule has 6 rings (SSSR count). The summed E-state index contributed by atoms with van der Waals surface area (Å²) in [6, 6.07) is 8.16. The minimum atomic E-state index is -0.0381. The highest BCUT2D eigenvalue weighted by atomic mass is 16.2. The maximum absolute atomic E-state index is 13.4. The maximum atomic E-state index is 13.4. The fourth-order valence-electron chi connectivity index (χ4n) is 4.80. The van der Waals surface area contributed by atoms with Gasteiger partial charge < -0.3 is 10.3 Å². The standard InChI is InChI=1S/C24H27N7O/c1-14-28-29-22(31(14)15-5-3-6-15)18-7-4-8-21(27-18)30-13-17-16(23(30)32)11-20(24(2)9-10-24)26-19(17)12-25/h4,7-8,11,15H,3,5-6,9-10,12-13,25H2,1-2H3. The highest BCUT2D eigenvalue weighted by Gasteiger charge is 2.43. The molecule has 3 aromatic heterocycles. The third-order valence-corrected chi connectivity index (χ3v) is 7.36. The van der Waals surface area contributed by atoms with E-state index in [-0.39, 0.29) is 11.3 Å². The number of carbonyl (C=O) groups is 1. The van der Waals surface area contributed by atoms with Crippen molar-refractivity contribution in [1.29, 1.82) is 0 Å². The smallest absolute Gasteiger partial charge is 0.260 e. The predicted molar refractivity (Wildman–Crippen MR) is 120 cm³/mol. The molecule has 32 heavy (non-hydrogen) atoms. The summed E-state index contributed by atoms with van der Waals surface area (Å²) < 4.78 is 2.19. The quantitative estimate of drug-likeness (QED) is 0.666. The van der Waals surface area contributed by atoms with E-state index in [0.29, 0.717) is 30.5 Å². The van der Waals surface area contributed by atoms with E-state index in [1.165, 1.54) is 6.42 Å². The van der Waals surface area contributed by atoms with Gasteiger partial charge in [0.2, 0.25) is 0 Å². The van der Waals surface area contributed by atoms with Gasteiger partial charge in [0.05, 0.1) is 12.2 Å². The molecule has 0 bridgehead atoms. The number of nitrogens with two attached hydrogens (primary N) is 1. The molecule has 3 aliphatic rings. The van der Waals surface area contributed by atoms with Crippen molar-refractivity contribution < 1.29 is 4.79 Å². The van der Waals surface area contributed by atoms with Gasteiger partial charge in [0.25, 0.3) is 5.91 Å². The van der Waals surface area contributed by atoms with E-state index < -0.39 is 0 Å². The first-order valence-corrected chi connectivity index (χ1v) is 11.4. The molecule has 8 heteroatoms. The van der Waals surface area contributed by atoms with Gasteiger partial charge in [-0.25, -0.2) is 4.98 Å². The van der Waals surface area contributed by atoms with Crippen LogP contribution in [-0.4, -0.2) is 30.6 Å². The third-order valence-electron chi connectivity index (χ3n) is 7.36. The summed E-state index contributed by atoms with van der Waals surface area (Å²) in [6.45, 7) is 4.95. The van der Waals surface area contributed by atoms with Crippen LogP contribution in [0.25, 0.3) is 11.5 Å². The third kappa shape index (κ3) is 2.89. The van der Waals surface area contributed by atoms with Crippen LogP contribution in [0.3, 0.4) is 0 Å². The van der Waals surface area contributed by atoms with Crippen molar-refractivity contribution in [3.63, 3.8) is 0 Å². The number of hydrogen-bond donors (Lipinski definition) is 1. The lowest BCUT2D eigenvalue weighted by atomic mass is 9.92. The highest BCUT2D eigenvalue weighted by Crippen LogP contribution is 2.47. The number of aromatic nitrogens is 5. The Kier molecular flexibility index (Phi) is 4.24. The fraction of sp³-hybridized carbons (Fsp3) is 0.458. The molecule has 0 radical (unpaired) electrons. The van der Waals surface area contributed by atoms with Crippen molar-refractivity contribution in [1.82, 2.24) is 24.7 Å². The highest BCUT2D eigenvalue weighted by molar-refractivity contribution is 6.09. The second-order valence-electron chi connectivity index (χ2n) is 9.54. The number of nitrogens with zero attached hydrogens (tertiary/aromatic N) is 6. The van der Waals surface area contributed by atoms with Crippen LogP contribution in [0.5, 0.6) is 0 Å². The van der Waals surface area contributed by atoms with Crippen LogP contribution >= 0.6 is 0 Å². The fourth-order valence-corrected chi connectivity index (χ4v) is 4.80. The van der Waals surface area contributed by atoms with E-state index in [1.807, 2.05) is 31.2 Å². The zero-order valence-corrected chi connectivity index (χ0v) is 18.5. The zero-order chi connectivity index (χ0) is 22.0. The van der Waals surface area contributed by atoms with E-state index in [9.17, 15) is 4.79 Å². The lowest BCUT2D eigenvalue weighted by Gasteiger charge is -2.28. The molecule has 2 saturated carbocycles. The van der Waals surface area contributed by atoms with E-state index in [0.717, 1.165) is 60.0 Å². The van der Waals surface area contributed by atoms with E-state index >= 15 is 0 Å². The first-order valence-electron chi connectivity index (χ1n) is 11.4. The summed E-state index contributed by atoms with van der Waals surface area (Å²) in [5, 5.41) is 8.71. The molecule has 0 unspecified atom stereocenters. The summed E-state index contributed by atoms with van der Waals surface area (Å²) in [7, 11) is 0. The maximum Gasteiger partial charge on any atom is 0.260 e. The summed E-state index contributed by atoms with van der Waals surface area (Å²) in [4.78, 5) is 24.8. The van der Waals surface area contributed by atoms with Crippen molar-refractivity contribution in [2.75, 3.05) is 4.90 Å². The summed E-state index contributed by atoms with van der Waals surface area (Å²) in [6.07, 6.45) is 5.72. The van der Waals surface area contributed by atoms with Gasteiger partial charge in [0.1, 0.15) is 17.3 Å². The van der Waals surface area contributed by atoms with Gasteiger partial charge in [0, 0.05) is 34.8 Å². The van der Waals surface area contributed by atoms with Crippen LogP contribution in [0.15, 0.2) is 24.3 Å². The molecular weight excluding hydrogens is 402 g/mol. The molecule has 0 atom stereocenters. The SMILES string of the molecule is Cc1nnc(-c2cccc(N3Cc4c(cc(C5(C)CC5)nc4CN)C3=O)n2)n1C1CCC1. The minimum absolute atomic E-state index is 0.0381. The Bertz CT molecular complexity index is 1240. The van der Waals surface area contributed by atoms with Crippen LogP contribution in [-0.2, 0) is 18.5 Å². The molecule has 0 aromatic carbocycles. The monoisotopic (exact) mass is 429 g/mol. The van der Waals surface area contributed by atoms with E-state index in [1.54, 1.807) is 4.90 Å². The first-order chi connectivity index (χ1) is 15.5. The average molecular weight is 430 g/mol. The Hall–Kier alpha value is -3.13. The summed E-state index contributed by atoms with van der Waals surface area (Å²) in [5.74, 6) is 2.25. The second-order valence-corrected chi connectivity index (χ2v) is 9.54. The van der Waals surface area contributed by atoms with Crippen molar-refractivity contribution in [3.8, 4) is 11.5 Å². The summed E-state index contributed by atoms with van der Waals surface area (Å²) >= 11 is 0. The molecule has 2 N–H and O–H groups in total. The summed E-state index contributed by atoms with van der Waals surface area (Å²) in [5.41, 5.74) is 10.3. The van der Waals surface area contributed by atoms with Gasteiger partial charge in [-0.15, -0.1) is 10.2 Å². The van der Waals surface area contributed by atoms with Gasteiger partial charge in [0.15, 0.2) is 5.82 Å². The molecule has 0 spiro atoms. The Morgan fingerprint density at radius 2 is 2.00 bits per heavy atom. The number of anilines is 1. The van der Waals surface area contributed by atoms with E-state index in [2.05, 4.69) is 21.7 Å².